The molecular formula is C21H24N4O3S2. The lowest BCUT2D eigenvalue weighted by Crippen LogP contribution is -2.47. The minimum absolute atomic E-state index is 0.136. The molecule has 0 spiro atoms. The van der Waals surface area contributed by atoms with Gasteiger partial charge in [0, 0.05) is 31.7 Å². The first-order valence-corrected chi connectivity index (χ1v) is 12.1. The number of fused-ring (bicyclic) bond motifs is 1. The number of amides is 1. The molecule has 3 aromatic rings. The lowest BCUT2D eigenvalue weighted by atomic mass is 10.2. The minimum Gasteiger partial charge on any atom is -0.304 e. The van der Waals surface area contributed by atoms with Crippen LogP contribution in [0.1, 0.15) is 22.8 Å². The highest BCUT2D eigenvalue weighted by Crippen LogP contribution is 2.27. The Labute approximate surface area is 180 Å². The molecule has 1 aliphatic heterocycles. The normalized spacial score (nSPS) is 16.1. The van der Waals surface area contributed by atoms with Crippen LogP contribution in [0.25, 0.3) is 10.2 Å². The van der Waals surface area contributed by atoms with Crippen molar-refractivity contribution in [1.29, 1.82) is 0 Å². The van der Waals surface area contributed by atoms with E-state index >= 15 is 0 Å². The van der Waals surface area contributed by atoms with Crippen molar-refractivity contribution in [3.8, 4) is 0 Å². The second-order valence-corrected chi connectivity index (χ2v) is 10.3. The number of hydrogen-bond acceptors (Lipinski definition) is 6. The maximum Gasteiger partial charge on any atom is 0.257 e. The number of hydrogen-bond donors (Lipinski definition) is 1. The molecule has 1 N–H and O–H groups in total. The summed E-state index contributed by atoms with van der Waals surface area (Å²) in [6, 6.07) is 12.2. The molecule has 0 aliphatic carbocycles. The number of carbonyl (C=O) groups excluding carboxylic acids is 1. The topological polar surface area (TPSA) is 82.6 Å². The van der Waals surface area contributed by atoms with Gasteiger partial charge < -0.3 is 4.90 Å². The summed E-state index contributed by atoms with van der Waals surface area (Å²) >= 11 is 1.41. The van der Waals surface area contributed by atoms with Gasteiger partial charge >= 0.3 is 0 Å². The second kappa shape index (κ2) is 8.43. The van der Waals surface area contributed by atoms with E-state index in [2.05, 4.69) is 28.2 Å². The van der Waals surface area contributed by atoms with Gasteiger partial charge in [0.05, 0.1) is 15.1 Å². The molecule has 2 heterocycles. The molecule has 7 nitrogen and oxygen atoms in total. The van der Waals surface area contributed by atoms with Crippen molar-refractivity contribution in [2.24, 2.45) is 0 Å². The zero-order chi connectivity index (χ0) is 21.3. The van der Waals surface area contributed by atoms with E-state index in [-0.39, 0.29) is 10.8 Å². The molecular weight excluding hydrogens is 420 g/mol. The number of aromatic nitrogens is 1. The summed E-state index contributed by atoms with van der Waals surface area (Å²) in [5.74, 6) is -0.375. The molecule has 0 unspecified atom stereocenters. The second-order valence-electron chi connectivity index (χ2n) is 7.36. The predicted octanol–water partition coefficient (Wildman–Crippen LogP) is 3.05. The smallest absolute Gasteiger partial charge is 0.257 e. The van der Waals surface area contributed by atoms with Gasteiger partial charge in [0.25, 0.3) is 5.91 Å². The molecule has 1 aliphatic rings. The number of rotatable bonds is 5. The Morgan fingerprint density at radius 2 is 1.90 bits per heavy atom. The van der Waals surface area contributed by atoms with E-state index in [1.807, 2.05) is 19.2 Å². The number of nitrogens with zero attached hydrogens (tertiary/aromatic N) is 3. The quantitative estimate of drug-likeness (QED) is 0.654. The number of piperazine rings is 1. The van der Waals surface area contributed by atoms with Crippen LogP contribution < -0.4 is 5.32 Å². The van der Waals surface area contributed by atoms with Gasteiger partial charge in [0.2, 0.25) is 10.0 Å². The molecule has 0 radical (unpaired) electrons. The fourth-order valence-electron chi connectivity index (χ4n) is 3.39. The number of benzene rings is 2. The summed E-state index contributed by atoms with van der Waals surface area (Å²) in [6.45, 7) is 4.36. The van der Waals surface area contributed by atoms with Crippen LogP contribution >= 0.6 is 11.3 Å². The Hall–Kier alpha value is -2.33. The van der Waals surface area contributed by atoms with Gasteiger partial charge in [-0.2, -0.15) is 4.31 Å². The largest absolute Gasteiger partial charge is 0.304 e. The van der Waals surface area contributed by atoms with Crippen molar-refractivity contribution in [2.45, 2.75) is 18.2 Å². The molecule has 0 saturated carbocycles. The molecule has 1 aromatic heterocycles. The summed E-state index contributed by atoms with van der Waals surface area (Å²) in [4.78, 5) is 19.4. The highest BCUT2D eigenvalue weighted by molar-refractivity contribution is 7.89. The average Bonchev–Trinajstić information content (AvgIpc) is 3.15. The number of thiazole rings is 1. The molecule has 0 atom stereocenters. The van der Waals surface area contributed by atoms with Gasteiger partial charge in [0.15, 0.2) is 5.13 Å². The maximum atomic E-state index is 13.0. The molecule has 158 valence electrons. The molecule has 4 rings (SSSR count). The summed E-state index contributed by atoms with van der Waals surface area (Å²) in [7, 11) is -1.66. The van der Waals surface area contributed by atoms with Gasteiger partial charge in [-0.05, 0) is 49.4 Å². The molecule has 2 aromatic carbocycles. The third kappa shape index (κ3) is 4.24. The molecule has 1 fully saturated rings. The predicted molar refractivity (Wildman–Crippen MR) is 120 cm³/mol. The first-order valence-electron chi connectivity index (χ1n) is 9.86. The molecule has 0 bridgehead atoms. The Bertz CT molecular complexity index is 1180. The van der Waals surface area contributed by atoms with E-state index in [0.717, 1.165) is 16.6 Å². The Balaban J connectivity index is 1.54. The van der Waals surface area contributed by atoms with Crippen molar-refractivity contribution in [3.05, 3.63) is 53.6 Å². The van der Waals surface area contributed by atoms with E-state index in [1.54, 1.807) is 12.1 Å². The lowest BCUT2D eigenvalue weighted by molar-refractivity contribution is 0.102. The highest BCUT2D eigenvalue weighted by atomic mass is 32.2. The summed E-state index contributed by atoms with van der Waals surface area (Å²) in [5.41, 5.74) is 2.34. The lowest BCUT2D eigenvalue weighted by Gasteiger charge is -2.31. The van der Waals surface area contributed by atoms with E-state index in [9.17, 15) is 13.2 Å². The standard InChI is InChI=1S/C21H24N4O3S2/c1-3-15-7-8-18-19(13-15)29-21(22-18)23-20(26)16-5-4-6-17(14-16)30(27,28)25-11-9-24(2)10-12-25/h4-8,13-14H,3,9-12H2,1-2H3,(H,22,23,26). The number of carbonyl (C=O) groups is 1. The zero-order valence-corrected chi connectivity index (χ0v) is 18.6. The number of sulfonamides is 1. The van der Waals surface area contributed by atoms with Crippen LogP contribution in [-0.2, 0) is 16.4 Å². The van der Waals surface area contributed by atoms with Crippen LogP contribution in [0, 0.1) is 0 Å². The summed E-state index contributed by atoms with van der Waals surface area (Å²) in [5, 5.41) is 3.30. The third-order valence-electron chi connectivity index (χ3n) is 5.28. The first-order chi connectivity index (χ1) is 14.4. The first kappa shape index (κ1) is 20.9. The van der Waals surface area contributed by atoms with Crippen molar-refractivity contribution >= 4 is 42.6 Å². The maximum absolute atomic E-state index is 13.0. The van der Waals surface area contributed by atoms with Crippen LogP contribution in [0.5, 0.6) is 0 Å². The molecule has 30 heavy (non-hydrogen) atoms. The van der Waals surface area contributed by atoms with Crippen molar-refractivity contribution in [3.63, 3.8) is 0 Å². The van der Waals surface area contributed by atoms with E-state index in [4.69, 9.17) is 0 Å². The highest BCUT2D eigenvalue weighted by Gasteiger charge is 2.28. The minimum atomic E-state index is -3.63. The van der Waals surface area contributed by atoms with Crippen molar-refractivity contribution < 1.29 is 13.2 Å². The van der Waals surface area contributed by atoms with E-state index in [0.29, 0.717) is 36.9 Å². The Kier molecular flexibility index (Phi) is 5.88. The van der Waals surface area contributed by atoms with Crippen LogP contribution in [0.4, 0.5) is 5.13 Å². The number of anilines is 1. The van der Waals surface area contributed by atoms with Gasteiger partial charge in [-0.3, -0.25) is 10.1 Å². The molecule has 9 heteroatoms. The average molecular weight is 445 g/mol. The summed E-state index contributed by atoms with van der Waals surface area (Å²) in [6.07, 6.45) is 0.935. The van der Waals surface area contributed by atoms with Gasteiger partial charge in [-0.15, -0.1) is 0 Å². The monoisotopic (exact) mass is 444 g/mol. The van der Waals surface area contributed by atoms with Crippen molar-refractivity contribution in [2.75, 3.05) is 38.5 Å². The van der Waals surface area contributed by atoms with E-state index in [1.165, 1.54) is 33.3 Å². The SMILES string of the molecule is CCc1ccc2nc(NC(=O)c3cccc(S(=O)(=O)N4CCN(C)CC4)c3)sc2c1. The zero-order valence-electron chi connectivity index (χ0n) is 17.0. The van der Waals surface area contributed by atoms with Crippen LogP contribution in [0.3, 0.4) is 0 Å². The number of likely N-dealkylation sites (N-methyl/N-ethyl adjacent to an activating group) is 1. The Morgan fingerprint density at radius 1 is 1.13 bits per heavy atom. The number of nitrogens with one attached hydrogen (secondary N) is 1. The Morgan fingerprint density at radius 3 is 2.63 bits per heavy atom. The summed E-state index contributed by atoms with van der Waals surface area (Å²) < 4.78 is 28.4. The van der Waals surface area contributed by atoms with E-state index < -0.39 is 10.0 Å². The molecule has 1 saturated heterocycles. The van der Waals surface area contributed by atoms with Gasteiger partial charge in [0.1, 0.15) is 0 Å². The van der Waals surface area contributed by atoms with Gasteiger partial charge in [-0.25, -0.2) is 13.4 Å². The third-order valence-corrected chi connectivity index (χ3v) is 8.11. The fourth-order valence-corrected chi connectivity index (χ4v) is 5.78. The van der Waals surface area contributed by atoms with Crippen LogP contribution in [0.15, 0.2) is 47.4 Å². The number of aryl methyl sites for hydroxylation is 1. The van der Waals surface area contributed by atoms with Crippen molar-refractivity contribution in [1.82, 2.24) is 14.2 Å². The van der Waals surface area contributed by atoms with Gasteiger partial charge in [-0.1, -0.05) is 30.4 Å². The molecule has 1 amide bonds. The fraction of sp³-hybridized carbons (Fsp3) is 0.333. The van der Waals surface area contributed by atoms with Crippen LogP contribution in [0.2, 0.25) is 0 Å². The van der Waals surface area contributed by atoms with Crippen LogP contribution in [-0.4, -0.2) is 61.7 Å².